The minimum Gasteiger partial charge on any atom is -0.266 e. The van der Waals surface area contributed by atoms with Gasteiger partial charge in [0.05, 0.1) is 11.3 Å². The van der Waals surface area contributed by atoms with Gasteiger partial charge in [-0.2, -0.15) is 13.2 Å². The Morgan fingerprint density at radius 3 is 2.06 bits per heavy atom. The van der Waals surface area contributed by atoms with Crippen molar-refractivity contribution in [1.82, 2.24) is 0 Å². The lowest BCUT2D eigenvalue weighted by atomic mass is 10.1. The number of alkyl halides is 3. The summed E-state index contributed by atoms with van der Waals surface area (Å²) in [6, 6.07) is 23.2. The summed E-state index contributed by atoms with van der Waals surface area (Å²) < 4.78 is 39.7. The summed E-state index contributed by atoms with van der Waals surface area (Å²) in [5.74, 6) is -0.244. The zero-order chi connectivity index (χ0) is 21.8. The van der Waals surface area contributed by atoms with Crippen LogP contribution in [0.1, 0.15) is 16.7 Å². The SMILES string of the molecule is O=C1/C(=C/c2ccccc2)N=C(/C=C/c2ccccc2)N1c1cccc(C(F)(F)F)c1. The van der Waals surface area contributed by atoms with Crippen molar-refractivity contribution in [2.24, 2.45) is 4.99 Å². The second-order valence-corrected chi connectivity index (χ2v) is 6.84. The molecule has 6 heteroatoms. The van der Waals surface area contributed by atoms with Crippen LogP contribution in [0.4, 0.5) is 18.9 Å². The Bertz CT molecular complexity index is 1180. The maximum absolute atomic E-state index is 13.2. The van der Waals surface area contributed by atoms with Crippen LogP contribution in [0.2, 0.25) is 0 Å². The molecule has 4 rings (SSSR count). The number of benzene rings is 3. The number of halogens is 3. The minimum absolute atomic E-state index is 0.104. The lowest BCUT2D eigenvalue weighted by Crippen LogP contribution is -2.31. The van der Waals surface area contributed by atoms with E-state index in [1.165, 1.54) is 17.0 Å². The van der Waals surface area contributed by atoms with Gasteiger partial charge in [-0.25, -0.2) is 4.99 Å². The van der Waals surface area contributed by atoms with Crippen LogP contribution in [0.5, 0.6) is 0 Å². The summed E-state index contributed by atoms with van der Waals surface area (Å²) in [7, 11) is 0. The number of anilines is 1. The van der Waals surface area contributed by atoms with Gasteiger partial charge in [0.1, 0.15) is 11.5 Å². The van der Waals surface area contributed by atoms with Crippen LogP contribution in [0, 0.1) is 0 Å². The molecule has 0 saturated carbocycles. The van der Waals surface area contributed by atoms with Gasteiger partial charge in [0, 0.05) is 0 Å². The van der Waals surface area contributed by atoms with Crippen LogP contribution in [0.25, 0.3) is 12.2 Å². The van der Waals surface area contributed by atoms with Crippen LogP contribution >= 0.6 is 0 Å². The molecule has 0 saturated heterocycles. The van der Waals surface area contributed by atoms with Gasteiger partial charge in [0.25, 0.3) is 5.91 Å². The second-order valence-electron chi connectivity index (χ2n) is 6.84. The van der Waals surface area contributed by atoms with E-state index in [-0.39, 0.29) is 17.2 Å². The molecule has 0 N–H and O–H groups in total. The third-order valence-corrected chi connectivity index (χ3v) is 4.65. The Balaban J connectivity index is 1.76. The minimum atomic E-state index is -4.52. The highest BCUT2D eigenvalue weighted by molar-refractivity contribution is 6.32. The molecule has 0 radical (unpaired) electrons. The number of rotatable bonds is 4. The molecule has 0 unspecified atom stereocenters. The second kappa shape index (κ2) is 8.44. The largest absolute Gasteiger partial charge is 0.416 e. The first-order chi connectivity index (χ1) is 14.9. The van der Waals surface area contributed by atoms with E-state index in [1.54, 1.807) is 18.2 Å². The van der Waals surface area contributed by atoms with Gasteiger partial charge in [-0.3, -0.25) is 9.69 Å². The molecular weight excluding hydrogens is 401 g/mol. The fourth-order valence-electron chi connectivity index (χ4n) is 3.16. The summed E-state index contributed by atoms with van der Waals surface area (Å²) in [6.45, 7) is 0. The number of carbonyl (C=O) groups excluding carboxylic acids is 1. The van der Waals surface area contributed by atoms with Gasteiger partial charge < -0.3 is 0 Å². The molecule has 0 spiro atoms. The predicted molar refractivity (Wildman–Crippen MR) is 116 cm³/mol. The molecule has 0 aromatic heterocycles. The average Bonchev–Trinajstić information content (AvgIpc) is 3.08. The summed E-state index contributed by atoms with van der Waals surface area (Å²) in [5.41, 5.74) is 1.07. The van der Waals surface area contributed by atoms with Crippen molar-refractivity contribution >= 4 is 29.6 Å². The van der Waals surface area contributed by atoms with Crippen molar-refractivity contribution in [2.45, 2.75) is 6.18 Å². The third-order valence-electron chi connectivity index (χ3n) is 4.65. The van der Waals surface area contributed by atoms with Gasteiger partial charge in [0.15, 0.2) is 0 Å². The fraction of sp³-hybridized carbons (Fsp3) is 0.0400. The number of amidine groups is 1. The Morgan fingerprint density at radius 1 is 0.774 bits per heavy atom. The maximum atomic E-state index is 13.2. The number of nitrogens with zero attached hydrogens (tertiary/aromatic N) is 2. The highest BCUT2D eigenvalue weighted by Gasteiger charge is 2.34. The van der Waals surface area contributed by atoms with Crippen molar-refractivity contribution in [3.8, 4) is 0 Å². The van der Waals surface area contributed by atoms with Crippen LogP contribution in [-0.2, 0) is 11.0 Å². The lowest BCUT2D eigenvalue weighted by Gasteiger charge is -2.18. The van der Waals surface area contributed by atoms with E-state index in [0.29, 0.717) is 0 Å². The van der Waals surface area contributed by atoms with E-state index >= 15 is 0 Å². The predicted octanol–water partition coefficient (Wildman–Crippen LogP) is 6.21. The third kappa shape index (κ3) is 4.64. The first-order valence-corrected chi connectivity index (χ1v) is 9.52. The number of aliphatic imine (C=N–C) groups is 1. The number of hydrogen-bond acceptors (Lipinski definition) is 2. The normalized spacial score (nSPS) is 15.7. The van der Waals surface area contributed by atoms with E-state index in [1.807, 2.05) is 60.7 Å². The average molecular weight is 418 g/mol. The Kier molecular flexibility index (Phi) is 5.54. The van der Waals surface area contributed by atoms with Crippen molar-refractivity contribution in [3.63, 3.8) is 0 Å². The highest BCUT2D eigenvalue weighted by Crippen LogP contribution is 2.33. The fourth-order valence-corrected chi connectivity index (χ4v) is 3.16. The summed E-state index contributed by atoms with van der Waals surface area (Å²) in [5, 5.41) is 0. The molecular formula is C25H17F3N2O. The van der Waals surface area contributed by atoms with Crippen LogP contribution in [0.3, 0.4) is 0 Å². The van der Waals surface area contributed by atoms with Gasteiger partial charge in [-0.05, 0) is 41.5 Å². The maximum Gasteiger partial charge on any atom is 0.416 e. The van der Waals surface area contributed by atoms with Gasteiger partial charge in [0.2, 0.25) is 0 Å². The van der Waals surface area contributed by atoms with Crippen molar-refractivity contribution < 1.29 is 18.0 Å². The Labute approximate surface area is 177 Å². The van der Waals surface area contributed by atoms with Crippen molar-refractivity contribution in [2.75, 3.05) is 4.90 Å². The zero-order valence-electron chi connectivity index (χ0n) is 16.3. The van der Waals surface area contributed by atoms with Crippen LogP contribution in [0.15, 0.2) is 102 Å². The van der Waals surface area contributed by atoms with Crippen molar-refractivity contribution in [1.29, 1.82) is 0 Å². The highest BCUT2D eigenvalue weighted by atomic mass is 19.4. The molecule has 1 heterocycles. The van der Waals surface area contributed by atoms with Gasteiger partial charge in [-0.15, -0.1) is 0 Å². The van der Waals surface area contributed by atoms with Crippen molar-refractivity contribution in [3.05, 3.63) is 113 Å². The summed E-state index contributed by atoms with van der Waals surface area (Å²) >= 11 is 0. The van der Waals surface area contributed by atoms with E-state index < -0.39 is 17.6 Å². The molecule has 1 amide bonds. The standard InChI is InChI=1S/C25H17F3N2O/c26-25(27,28)20-12-7-13-21(17-20)30-23(15-14-18-8-3-1-4-9-18)29-22(24(30)31)16-19-10-5-2-6-11-19/h1-17H/b15-14+,22-16-. The van der Waals surface area contributed by atoms with E-state index in [0.717, 1.165) is 23.3 Å². The first-order valence-electron chi connectivity index (χ1n) is 9.52. The number of hydrogen-bond donors (Lipinski definition) is 0. The molecule has 3 nitrogen and oxygen atoms in total. The van der Waals surface area contributed by atoms with E-state index in [2.05, 4.69) is 4.99 Å². The molecule has 3 aromatic carbocycles. The van der Waals surface area contributed by atoms with E-state index in [9.17, 15) is 18.0 Å². The summed E-state index contributed by atoms with van der Waals surface area (Å²) in [6.07, 6.45) is 0.489. The molecule has 0 bridgehead atoms. The Morgan fingerprint density at radius 2 is 1.42 bits per heavy atom. The molecule has 1 aliphatic rings. The lowest BCUT2D eigenvalue weighted by molar-refractivity contribution is -0.137. The zero-order valence-corrected chi connectivity index (χ0v) is 16.3. The van der Waals surface area contributed by atoms with E-state index in [4.69, 9.17) is 0 Å². The first kappa shape index (κ1) is 20.3. The number of amides is 1. The molecule has 31 heavy (non-hydrogen) atoms. The van der Waals surface area contributed by atoms with Gasteiger partial charge >= 0.3 is 6.18 Å². The quantitative estimate of drug-likeness (QED) is 0.464. The molecule has 154 valence electrons. The molecule has 1 aliphatic heterocycles. The van der Waals surface area contributed by atoms with Crippen LogP contribution in [-0.4, -0.2) is 11.7 Å². The topological polar surface area (TPSA) is 32.7 Å². The molecule has 3 aromatic rings. The monoisotopic (exact) mass is 418 g/mol. The number of carbonyl (C=O) groups is 1. The van der Waals surface area contributed by atoms with Gasteiger partial charge in [-0.1, -0.05) is 72.8 Å². The smallest absolute Gasteiger partial charge is 0.266 e. The molecule has 0 atom stereocenters. The van der Waals surface area contributed by atoms with Crippen LogP contribution < -0.4 is 4.90 Å². The Hall–Kier alpha value is -3.93. The molecule has 0 aliphatic carbocycles. The molecule has 0 fully saturated rings. The summed E-state index contributed by atoms with van der Waals surface area (Å²) in [4.78, 5) is 18.7.